The second-order valence-electron chi connectivity index (χ2n) is 3.93. The van der Waals surface area contributed by atoms with E-state index in [1.54, 1.807) is 17.5 Å². The van der Waals surface area contributed by atoms with Gasteiger partial charge in [-0.3, -0.25) is 9.69 Å². The number of thiazole rings is 1. The van der Waals surface area contributed by atoms with E-state index in [0.29, 0.717) is 13.1 Å². The lowest BCUT2D eigenvalue weighted by atomic mass is 10.2. The van der Waals surface area contributed by atoms with E-state index in [-0.39, 0.29) is 6.54 Å². The molecular weight excluding hydrogens is 240 g/mol. The molecule has 0 radical (unpaired) electrons. The monoisotopic (exact) mass is 256 g/mol. The van der Waals surface area contributed by atoms with Gasteiger partial charge in [-0.25, -0.2) is 4.98 Å². The average Bonchev–Trinajstić information content (AvgIpc) is 2.84. The smallest absolute Gasteiger partial charge is 0.322 e. The summed E-state index contributed by atoms with van der Waals surface area (Å²) in [7, 11) is 0. The molecule has 0 saturated carbocycles. The van der Waals surface area contributed by atoms with Crippen molar-refractivity contribution in [2.24, 2.45) is 5.73 Å². The number of nitrogens with zero attached hydrogens (tertiary/aromatic N) is 3. The highest BCUT2D eigenvalue weighted by Crippen LogP contribution is 2.19. The molecule has 6 nitrogen and oxygen atoms in total. The molecule has 0 aromatic carbocycles. The molecule has 17 heavy (non-hydrogen) atoms. The van der Waals surface area contributed by atoms with Crippen molar-refractivity contribution in [1.82, 2.24) is 9.88 Å². The predicted molar refractivity (Wildman–Crippen MR) is 66.4 cm³/mol. The SMILES string of the molecule is NCC(C(=O)O)N1CCN(c2nccs2)CC1. The zero-order chi connectivity index (χ0) is 12.3. The Kier molecular flexibility index (Phi) is 3.93. The minimum atomic E-state index is -0.838. The van der Waals surface area contributed by atoms with Crippen LogP contribution in [-0.2, 0) is 4.79 Å². The molecule has 2 rings (SSSR count). The summed E-state index contributed by atoms with van der Waals surface area (Å²) in [6.07, 6.45) is 1.78. The van der Waals surface area contributed by atoms with Crippen LogP contribution in [0.25, 0.3) is 0 Å². The van der Waals surface area contributed by atoms with E-state index in [1.807, 2.05) is 10.3 Å². The first-order valence-corrected chi connectivity index (χ1v) is 6.41. The molecule has 7 heteroatoms. The van der Waals surface area contributed by atoms with E-state index in [2.05, 4.69) is 9.88 Å². The van der Waals surface area contributed by atoms with E-state index in [0.717, 1.165) is 18.2 Å². The highest BCUT2D eigenvalue weighted by molar-refractivity contribution is 7.13. The molecule has 0 bridgehead atoms. The summed E-state index contributed by atoms with van der Waals surface area (Å²) in [6, 6.07) is -0.562. The fourth-order valence-electron chi connectivity index (χ4n) is 2.00. The van der Waals surface area contributed by atoms with E-state index in [9.17, 15) is 4.79 Å². The van der Waals surface area contributed by atoms with Gasteiger partial charge in [0.05, 0.1) is 0 Å². The molecule has 1 aromatic rings. The highest BCUT2D eigenvalue weighted by Gasteiger charge is 2.28. The number of carboxylic acid groups (broad SMARTS) is 1. The first-order valence-electron chi connectivity index (χ1n) is 5.53. The van der Waals surface area contributed by atoms with Crippen LogP contribution < -0.4 is 10.6 Å². The molecule has 1 fully saturated rings. The van der Waals surface area contributed by atoms with Crippen LogP contribution >= 0.6 is 11.3 Å². The van der Waals surface area contributed by atoms with Gasteiger partial charge in [-0.2, -0.15) is 0 Å². The zero-order valence-corrected chi connectivity index (χ0v) is 10.3. The molecule has 0 amide bonds. The van der Waals surface area contributed by atoms with E-state index >= 15 is 0 Å². The zero-order valence-electron chi connectivity index (χ0n) is 9.45. The van der Waals surface area contributed by atoms with Crippen LogP contribution in [0.2, 0.25) is 0 Å². The van der Waals surface area contributed by atoms with Crippen LogP contribution in [0.15, 0.2) is 11.6 Å². The van der Waals surface area contributed by atoms with Gasteiger partial charge in [0, 0.05) is 44.3 Å². The topological polar surface area (TPSA) is 82.7 Å². The maximum atomic E-state index is 11.0. The van der Waals surface area contributed by atoms with Crippen LogP contribution in [0.5, 0.6) is 0 Å². The summed E-state index contributed by atoms with van der Waals surface area (Å²) in [6.45, 7) is 3.20. The summed E-state index contributed by atoms with van der Waals surface area (Å²) in [5.74, 6) is -0.838. The molecule has 1 saturated heterocycles. The Morgan fingerprint density at radius 3 is 2.71 bits per heavy atom. The molecule has 1 unspecified atom stereocenters. The normalized spacial score (nSPS) is 19.2. The summed E-state index contributed by atoms with van der Waals surface area (Å²) < 4.78 is 0. The number of piperazine rings is 1. The third-order valence-corrected chi connectivity index (χ3v) is 3.79. The quantitative estimate of drug-likeness (QED) is 0.768. The summed E-state index contributed by atoms with van der Waals surface area (Å²) >= 11 is 1.61. The van der Waals surface area contributed by atoms with Crippen molar-refractivity contribution in [3.63, 3.8) is 0 Å². The van der Waals surface area contributed by atoms with Gasteiger partial charge in [-0.1, -0.05) is 0 Å². The number of aromatic nitrogens is 1. The predicted octanol–water partition coefficient (Wildman–Crippen LogP) is -0.323. The molecule has 1 atom stereocenters. The number of rotatable bonds is 4. The van der Waals surface area contributed by atoms with E-state index in [4.69, 9.17) is 10.8 Å². The Balaban J connectivity index is 1.91. The lowest BCUT2D eigenvalue weighted by Crippen LogP contribution is -2.55. The maximum Gasteiger partial charge on any atom is 0.322 e. The third kappa shape index (κ3) is 2.74. The maximum absolute atomic E-state index is 11.0. The number of carboxylic acids is 1. The summed E-state index contributed by atoms with van der Waals surface area (Å²) in [4.78, 5) is 19.3. The van der Waals surface area contributed by atoms with Crippen LogP contribution in [0.4, 0.5) is 5.13 Å². The van der Waals surface area contributed by atoms with Crippen LogP contribution in [0.3, 0.4) is 0 Å². The van der Waals surface area contributed by atoms with Crippen molar-refractivity contribution in [3.8, 4) is 0 Å². The minimum Gasteiger partial charge on any atom is -0.480 e. The van der Waals surface area contributed by atoms with Crippen molar-refractivity contribution in [2.75, 3.05) is 37.6 Å². The van der Waals surface area contributed by atoms with Crippen molar-refractivity contribution < 1.29 is 9.90 Å². The molecule has 0 spiro atoms. The number of anilines is 1. The Hall–Kier alpha value is -1.18. The lowest BCUT2D eigenvalue weighted by Gasteiger charge is -2.37. The highest BCUT2D eigenvalue weighted by atomic mass is 32.1. The molecule has 0 aliphatic carbocycles. The Morgan fingerprint density at radius 1 is 1.53 bits per heavy atom. The van der Waals surface area contributed by atoms with Crippen LogP contribution in [0, 0.1) is 0 Å². The van der Waals surface area contributed by atoms with E-state index in [1.165, 1.54) is 0 Å². The molecule has 2 heterocycles. The molecular formula is C10H16N4O2S. The van der Waals surface area contributed by atoms with Crippen LogP contribution in [-0.4, -0.2) is 59.7 Å². The standard InChI is InChI=1S/C10H16N4O2S/c11-7-8(9(15)16)13-2-4-14(5-3-13)10-12-1-6-17-10/h1,6,8H,2-5,7,11H2,(H,15,16). The Morgan fingerprint density at radius 2 is 2.24 bits per heavy atom. The van der Waals surface area contributed by atoms with Gasteiger partial charge in [0.15, 0.2) is 5.13 Å². The Labute approximate surface area is 104 Å². The van der Waals surface area contributed by atoms with Gasteiger partial charge >= 0.3 is 5.97 Å². The summed E-state index contributed by atoms with van der Waals surface area (Å²) in [5.41, 5.74) is 5.49. The molecule has 1 aromatic heterocycles. The number of hydrogen-bond donors (Lipinski definition) is 2. The molecule has 1 aliphatic heterocycles. The summed E-state index contributed by atoms with van der Waals surface area (Å²) in [5, 5.41) is 12.0. The first kappa shape index (κ1) is 12.3. The fourth-order valence-corrected chi connectivity index (χ4v) is 2.70. The van der Waals surface area contributed by atoms with Gasteiger partial charge in [0.1, 0.15) is 6.04 Å². The Bertz CT molecular complexity index is 362. The van der Waals surface area contributed by atoms with E-state index < -0.39 is 12.0 Å². The third-order valence-electron chi connectivity index (χ3n) is 2.95. The van der Waals surface area contributed by atoms with Gasteiger partial charge in [0.2, 0.25) is 0 Å². The second kappa shape index (κ2) is 5.44. The van der Waals surface area contributed by atoms with Crippen molar-refractivity contribution >= 4 is 22.4 Å². The van der Waals surface area contributed by atoms with Crippen molar-refractivity contribution in [2.45, 2.75) is 6.04 Å². The molecule has 1 aliphatic rings. The van der Waals surface area contributed by atoms with Gasteiger partial charge < -0.3 is 15.7 Å². The van der Waals surface area contributed by atoms with Gasteiger partial charge in [0.25, 0.3) is 0 Å². The molecule has 94 valence electrons. The number of nitrogens with two attached hydrogens (primary N) is 1. The fraction of sp³-hybridized carbons (Fsp3) is 0.600. The number of carbonyl (C=O) groups is 1. The first-order chi connectivity index (χ1) is 8.22. The second-order valence-corrected chi connectivity index (χ2v) is 4.80. The van der Waals surface area contributed by atoms with Gasteiger partial charge in [-0.15, -0.1) is 11.3 Å². The van der Waals surface area contributed by atoms with Crippen LogP contribution in [0.1, 0.15) is 0 Å². The largest absolute Gasteiger partial charge is 0.480 e. The minimum absolute atomic E-state index is 0.159. The molecule has 3 N–H and O–H groups in total. The lowest BCUT2D eigenvalue weighted by molar-refractivity contribution is -0.143. The van der Waals surface area contributed by atoms with Crippen molar-refractivity contribution in [3.05, 3.63) is 11.6 Å². The number of hydrogen-bond acceptors (Lipinski definition) is 6. The van der Waals surface area contributed by atoms with Gasteiger partial charge in [-0.05, 0) is 0 Å². The average molecular weight is 256 g/mol. The van der Waals surface area contributed by atoms with Crippen molar-refractivity contribution in [1.29, 1.82) is 0 Å². The number of aliphatic carboxylic acids is 1.